The molecule has 0 aliphatic heterocycles. The number of ether oxygens (including phenoxy) is 1. The Bertz CT molecular complexity index is 1050. The molecule has 27 heavy (non-hydrogen) atoms. The molecule has 1 amide bonds. The van der Waals surface area contributed by atoms with Gasteiger partial charge >= 0.3 is 0 Å². The quantitative estimate of drug-likeness (QED) is 0.630. The smallest absolute Gasteiger partial charge is 0.255 e. The fraction of sp³-hybridized carbons (Fsp3) is 0.222. The molecule has 0 saturated heterocycles. The van der Waals surface area contributed by atoms with E-state index in [1.807, 2.05) is 0 Å². The lowest BCUT2D eigenvalue weighted by molar-refractivity contribution is 0.102. The van der Waals surface area contributed by atoms with Crippen LogP contribution in [0.4, 0.5) is 5.69 Å². The van der Waals surface area contributed by atoms with Crippen molar-refractivity contribution in [3.8, 4) is 0 Å². The second-order valence-corrected chi connectivity index (χ2v) is 8.59. The molecule has 1 heterocycles. The van der Waals surface area contributed by atoms with Gasteiger partial charge in [-0.15, -0.1) is 11.3 Å². The number of hydrogen-bond acceptors (Lipinski definition) is 6. The fourth-order valence-corrected chi connectivity index (χ4v) is 4.48. The molecule has 0 unspecified atom stereocenters. The molecule has 7 nitrogen and oxygen atoms in total. The van der Waals surface area contributed by atoms with Gasteiger partial charge in [-0.2, -0.15) is 0 Å². The maximum Gasteiger partial charge on any atom is 0.255 e. The Balaban J connectivity index is 1.70. The minimum Gasteiger partial charge on any atom is -0.383 e. The fourth-order valence-electron chi connectivity index (χ4n) is 2.53. The molecular formula is C18H19N3O4S2. The monoisotopic (exact) mass is 405 g/mol. The number of sulfonamides is 1. The van der Waals surface area contributed by atoms with Gasteiger partial charge in [-0.3, -0.25) is 4.79 Å². The molecule has 0 radical (unpaired) electrons. The number of rotatable bonds is 7. The Morgan fingerprint density at radius 3 is 2.67 bits per heavy atom. The van der Waals surface area contributed by atoms with Crippen LogP contribution >= 0.6 is 11.3 Å². The molecule has 2 N–H and O–H groups in total. The summed E-state index contributed by atoms with van der Waals surface area (Å²) in [6.45, 7) is 1.99. The lowest BCUT2D eigenvalue weighted by Gasteiger charge is -2.13. The number of carbonyl (C=O) groups is 1. The highest BCUT2D eigenvalue weighted by Crippen LogP contribution is 2.20. The summed E-state index contributed by atoms with van der Waals surface area (Å²) in [5.41, 5.74) is 3.60. The molecule has 0 bridgehead atoms. The van der Waals surface area contributed by atoms with Crippen molar-refractivity contribution in [1.82, 2.24) is 9.71 Å². The number of thiazole rings is 1. The maximum absolute atomic E-state index is 12.4. The third-order valence-electron chi connectivity index (χ3n) is 3.79. The Morgan fingerprint density at radius 1 is 1.22 bits per heavy atom. The van der Waals surface area contributed by atoms with Crippen molar-refractivity contribution in [2.45, 2.75) is 17.9 Å². The molecule has 1 aromatic heterocycles. The van der Waals surface area contributed by atoms with Gasteiger partial charge in [0, 0.05) is 24.4 Å². The van der Waals surface area contributed by atoms with Gasteiger partial charge in [0.1, 0.15) is 0 Å². The largest absolute Gasteiger partial charge is 0.383 e. The van der Waals surface area contributed by atoms with Gasteiger partial charge in [0.15, 0.2) is 0 Å². The average molecular weight is 406 g/mol. The van der Waals surface area contributed by atoms with E-state index >= 15 is 0 Å². The van der Waals surface area contributed by atoms with Crippen LogP contribution in [0.25, 0.3) is 10.2 Å². The summed E-state index contributed by atoms with van der Waals surface area (Å²) in [7, 11) is -2.14. The molecule has 142 valence electrons. The van der Waals surface area contributed by atoms with Crippen LogP contribution in [-0.4, -0.2) is 39.1 Å². The van der Waals surface area contributed by atoms with E-state index in [4.69, 9.17) is 4.74 Å². The first kappa shape index (κ1) is 19.4. The van der Waals surface area contributed by atoms with E-state index in [2.05, 4.69) is 15.0 Å². The van der Waals surface area contributed by atoms with Crippen LogP contribution in [-0.2, 0) is 14.8 Å². The highest BCUT2D eigenvalue weighted by molar-refractivity contribution is 7.89. The first-order valence-corrected chi connectivity index (χ1v) is 10.5. The number of fused-ring (bicyclic) bond motifs is 1. The van der Waals surface area contributed by atoms with Gasteiger partial charge in [-0.1, -0.05) is 0 Å². The molecule has 0 spiro atoms. The number of benzene rings is 2. The number of hydrogen-bond donors (Lipinski definition) is 2. The molecule has 0 fully saturated rings. The predicted octanol–water partition coefficient (Wildman–Crippen LogP) is 2.86. The van der Waals surface area contributed by atoms with Gasteiger partial charge < -0.3 is 10.1 Å². The van der Waals surface area contributed by atoms with Crippen molar-refractivity contribution >= 4 is 43.2 Å². The van der Waals surface area contributed by atoms with E-state index in [9.17, 15) is 13.2 Å². The van der Waals surface area contributed by atoms with Crippen LogP contribution in [0.1, 0.15) is 17.3 Å². The normalized spacial score (nSPS) is 12.8. The zero-order valence-electron chi connectivity index (χ0n) is 14.8. The summed E-state index contributed by atoms with van der Waals surface area (Å²) in [5, 5.41) is 2.76. The van der Waals surface area contributed by atoms with E-state index in [-0.39, 0.29) is 23.5 Å². The topological polar surface area (TPSA) is 97.4 Å². The Labute approximate surface area is 161 Å². The van der Waals surface area contributed by atoms with Crippen molar-refractivity contribution in [2.24, 2.45) is 0 Å². The lowest BCUT2D eigenvalue weighted by Crippen LogP contribution is -2.35. The van der Waals surface area contributed by atoms with Crippen LogP contribution in [0, 0.1) is 0 Å². The number of nitrogens with one attached hydrogen (secondary N) is 2. The number of aromatic nitrogens is 1. The summed E-state index contributed by atoms with van der Waals surface area (Å²) in [6, 6.07) is 10.9. The molecule has 0 saturated carbocycles. The summed E-state index contributed by atoms with van der Waals surface area (Å²) >= 11 is 1.46. The van der Waals surface area contributed by atoms with Crippen LogP contribution in [0.3, 0.4) is 0 Å². The van der Waals surface area contributed by atoms with Crippen molar-refractivity contribution in [3.63, 3.8) is 0 Å². The van der Waals surface area contributed by atoms with Gasteiger partial charge in [0.25, 0.3) is 5.91 Å². The SMILES string of the molecule is COC[C@H](C)NS(=O)(=O)c1ccc(NC(=O)c2ccc3ncsc3c2)cc1. The summed E-state index contributed by atoms with van der Waals surface area (Å²) in [5.74, 6) is -0.271. The Kier molecular flexibility index (Phi) is 5.85. The minimum absolute atomic E-state index is 0.120. The van der Waals surface area contributed by atoms with Crippen LogP contribution in [0.15, 0.2) is 52.9 Å². The molecule has 9 heteroatoms. The van der Waals surface area contributed by atoms with Crippen molar-refractivity contribution in [1.29, 1.82) is 0 Å². The third kappa shape index (κ3) is 4.69. The average Bonchev–Trinajstić information content (AvgIpc) is 3.09. The summed E-state index contributed by atoms with van der Waals surface area (Å²) < 4.78 is 33.0. The lowest BCUT2D eigenvalue weighted by atomic mass is 10.2. The maximum atomic E-state index is 12.4. The molecule has 0 aliphatic rings. The van der Waals surface area contributed by atoms with Gasteiger partial charge in [-0.25, -0.2) is 18.1 Å². The van der Waals surface area contributed by atoms with Crippen LogP contribution < -0.4 is 10.0 Å². The molecule has 0 aliphatic carbocycles. The highest BCUT2D eigenvalue weighted by atomic mass is 32.2. The van der Waals surface area contributed by atoms with Gasteiger partial charge in [0.2, 0.25) is 10.0 Å². The van der Waals surface area contributed by atoms with Crippen molar-refractivity contribution < 1.29 is 17.9 Å². The van der Waals surface area contributed by atoms with E-state index < -0.39 is 10.0 Å². The van der Waals surface area contributed by atoms with E-state index in [1.54, 1.807) is 42.8 Å². The molecule has 2 aromatic carbocycles. The third-order valence-corrected chi connectivity index (χ3v) is 6.19. The molecule has 3 rings (SSSR count). The number of anilines is 1. The van der Waals surface area contributed by atoms with E-state index in [0.717, 1.165) is 10.2 Å². The van der Waals surface area contributed by atoms with Gasteiger partial charge in [0.05, 0.1) is 27.2 Å². The summed E-state index contributed by atoms with van der Waals surface area (Å²) in [6.07, 6.45) is 0. The van der Waals surface area contributed by atoms with Gasteiger partial charge in [-0.05, 0) is 49.4 Å². The standard InChI is InChI=1S/C18H19N3O4S2/c1-12(10-25-2)21-27(23,24)15-6-4-14(5-7-15)20-18(22)13-3-8-16-17(9-13)26-11-19-16/h3-9,11-12,21H,10H2,1-2H3,(H,20,22)/t12-/m0/s1. The van der Waals surface area contributed by atoms with Crippen LogP contribution in [0.2, 0.25) is 0 Å². The number of methoxy groups -OCH3 is 1. The highest BCUT2D eigenvalue weighted by Gasteiger charge is 2.17. The van der Waals surface area contributed by atoms with Crippen molar-refractivity contribution in [2.75, 3.05) is 19.0 Å². The first-order valence-electron chi connectivity index (χ1n) is 8.15. The summed E-state index contributed by atoms with van der Waals surface area (Å²) in [4.78, 5) is 16.7. The zero-order valence-corrected chi connectivity index (χ0v) is 16.4. The minimum atomic E-state index is -3.65. The second kappa shape index (κ2) is 8.13. The van der Waals surface area contributed by atoms with Crippen LogP contribution in [0.5, 0.6) is 0 Å². The molecular weight excluding hydrogens is 386 g/mol. The molecule has 3 aromatic rings. The number of nitrogens with zero attached hydrogens (tertiary/aromatic N) is 1. The predicted molar refractivity (Wildman–Crippen MR) is 106 cm³/mol. The van der Waals surface area contributed by atoms with E-state index in [1.165, 1.54) is 30.6 Å². The van der Waals surface area contributed by atoms with Crippen molar-refractivity contribution in [3.05, 3.63) is 53.5 Å². The Morgan fingerprint density at radius 2 is 1.96 bits per heavy atom. The first-order chi connectivity index (χ1) is 12.9. The number of carbonyl (C=O) groups excluding carboxylic acids is 1. The number of amides is 1. The van der Waals surface area contributed by atoms with E-state index in [0.29, 0.717) is 11.3 Å². The Hall–Kier alpha value is -2.33. The second-order valence-electron chi connectivity index (χ2n) is 5.99. The zero-order chi connectivity index (χ0) is 19.4. The molecule has 1 atom stereocenters.